The number of benzene rings is 5. The summed E-state index contributed by atoms with van der Waals surface area (Å²) in [5.41, 5.74) is 5.45. The van der Waals surface area contributed by atoms with Gasteiger partial charge in [0.05, 0.1) is 16.0 Å². The molecule has 0 radical (unpaired) electrons. The molecule has 266 valence electrons. The first-order valence-corrected chi connectivity index (χ1v) is 21.2. The molecule has 4 atom stereocenters. The number of hydrogen-bond acceptors (Lipinski definition) is 6. The minimum Gasteiger partial charge on any atom is -0.322 e. The van der Waals surface area contributed by atoms with Crippen molar-refractivity contribution in [2.45, 2.75) is 51.1 Å². The van der Waals surface area contributed by atoms with Gasteiger partial charge in [0.25, 0.3) is 21.8 Å². The number of para-hydroxylation sites is 1. The number of thioether (sulfide) groups is 2. The Morgan fingerprint density at radius 1 is 0.736 bits per heavy atom. The van der Waals surface area contributed by atoms with Gasteiger partial charge in [-0.25, -0.2) is 12.7 Å². The van der Waals surface area contributed by atoms with Crippen LogP contribution in [-0.4, -0.2) is 53.5 Å². The Hall–Kier alpha value is -4.77. The summed E-state index contributed by atoms with van der Waals surface area (Å²) in [5, 5.41) is -0.862. The number of sulfonamides is 1. The van der Waals surface area contributed by atoms with Gasteiger partial charge in [-0.05, 0) is 58.0 Å². The van der Waals surface area contributed by atoms with Crippen LogP contribution in [0.3, 0.4) is 0 Å². The number of piperazine rings is 1. The monoisotopic (exact) mass is 755 g/mol. The van der Waals surface area contributed by atoms with Crippen molar-refractivity contribution in [1.82, 2.24) is 9.80 Å². The third kappa shape index (κ3) is 5.13. The molecular weight excluding hydrogens is 719 g/mol. The van der Waals surface area contributed by atoms with E-state index >= 15 is 18.0 Å². The summed E-state index contributed by atoms with van der Waals surface area (Å²) in [5.74, 6) is 0.498. The van der Waals surface area contributed by atoms with Crippen LogP contribution in [0.15, 0.2) is 150 Å². The number of fused-ring (bicyclic) bond motifs is 6. The second-order valence-electron chi connectivity index (χ2n) is 14.0. The molecule has 10 heteroatoms. The van der Waals surface area contributed by atoms with Crippen LogP contribution < -0.4 is 4.31 Å². The highest BCUT2D eigenvalue weighted by molar-refractivity contribution is 8.01. The SMILES string of the molecule is CN1C(=O)[C@@]2(SCc3ccccc3)C[C@]3(C4=CCc5ccccc54)c4ccccc4N(S(=O)(=O)c4ccccc4)[C@@H]3N2C(=O)[C@@H]1SCc1ccccc1. The fourth-order valence-corrected chi connectivity index (χ4v) is 13.1. The Labute approximate surface area is 318 Å². The number of likely N-dealkylation sites (N-methyl/N-ethyl adjacent to an activating group) is 1. The van der Waals surface area contributed by atoms with E-state index in [1.165, 1.54) is 27.8 Å². The van der Waals surface area contributed by atoms with E-state index in [9.17, 15) is 0 Å². The van der Waals surface area contributed by atoms with Gasteiger partial charge in [-0.15, -0.1) is 23.5 Å². The summed E-state index contributed by atoms with van der Waals surface area (Å²) in [6.07, 6.45) is 2.04. The van der Waals surface area contributed by atoms with Crippen molar-refractivity contribution in [3.05, 3.63) is 173 Å². The first-order chi connectivity index (χ1) is 25.8. The van der Waals surface area contributed by atoms with Crippen LogP contribution in [0.4, 0.5) is 5.69 Å². The summed E-state index contributed by atoms with van der Waals surface area (Å²) in [7, 11) is -2.53. The minimum absolute atomic E-state index is 0.128. The number of anilines is 1. The molecule has 0 bridgehead atoms. The molecule has 5 aromatic carbocycles. The molecule has 5 aromatic rings. The summed E-state index contributed by atoms with van der Waals surface area (Å²) in [6, 6.07) is 44.1. The van der Waals surface area contributed by atoms with Crippen LogP contribution in [0.1, 0.15) is 34.2 Å². The van der Waals surface area contributed by atoms with Gasteiger partial charge >= 0.3 is 0 Å². The topological polar surface area (TPSA) is 78.0 Å². The molecule has 3 aliphatic heterocycles. The molecule has 4 aliphatic rings. The number of carbonyl (C=O) groups is 2. The van der Waals surface area contributed by atoms with Crippen molar-refractivity contribution >= 4 is 56.6 Å². The van der Waals surface area contributed by atoms with E-state index in [2.05, 4.69) is 18.2 Å². The van der Waals surface area contributed by atoms with Crippen LogP contribution in [-0.2, 0) is 43.0 Å². The second kappa shape index (κ2) is 13.0. The van der Waals surface area contributed by atoms with Crippen molar-refractivity contribution in [3.8, 4) is 0 Å². The minimum atomic E-state index is -4.25. The molecule has 53 heavy (non-hydrogen) atoms. The van der Waals surface area contributed by atoms with Gasteiger partial charge in [-0.2, -0.15) is 0 Å². The standard InChI is InChI=1S/C43H37N3O4S3/c1-44-39(51-27-30-15-5-2-6-16-30)38(47)45-40-42(35-26-25-32-19-11-12-22-34(32)35,29-43(45,41(44)48)52-28-31-17-7-3-8-18-31)36-23-13-14-24-37(36)46(40)53(49,50)33-20-9-4-10-21-33/h2-24,26,39-40H,25,27-29H2,1H3/t39-,40-,42-,43-/m0/s1. The van der Waals surface area contributed by atoms with Crippen LogP contribution in [0.5, 0.6) is 0 Å². The summed E-state index contributed by atoms with van der Waals surface area (Å²) >= 11 is 2.83. The zero-order chi connectivity index (χ0) is 36.4. The Balaban J connectivity index is 1.29. The normalized spacial score (nSPS) is 24.5. The molecule has 0 unspecified atom stereocenters. The first kappa shape index (κ1) is 34.0. The van der Waals surface area contributed by atoms with Crippen molar-refractivity contribution in [2.24, 2.45) is 0 Å². The average molecular weight is 756 g/mol. The molecular formula is C43H37N3O4S3. The highest BCUT2D eigenvalue weighted by Crippen LogP contribution is 2.68. The van der Waals surface area contributed by atoms with Gasteiger partial charge in [-0.1, -0.05) is 127 Å². The van der Waals surface area contributed by atoms with Crippen molar-refractivity contribution in [2.75, 3.05) is 11.4 Å². The van der Waals surface area contributed by atoms with Gasteiger partial charge in [0.1, 0.15) is 6.17 Å². The third-order valence-electron chi connectivity index (χ3n) is 11.1. The molecule has 0 aromatic heterocycles. The Kier molecular flexibility index (Phi) is 8.32. The largest absolute Gasteiger partial charge is 0.322 e. The summed E-state index contributed by atoms with van der Waals surface area (Å²) in [6.45, 7) is 0. The predicted molar refractivity (Wildman–Crippen MR) is 212 cm³/mol. The maximum Gasteiger partial charge on any atom is 0.266 e. The third-order valence-corrected chi connectivity index (χ3v) is 15.7. The van der Waals surface area contributed by atoms with Gasteiger partial charge in [0.2, 0.25) is 0 Å². The lowest BCUT2D eigenvalue weighted by Gasteiger charge is -2.50. The molecule has 2 saturated heterocycles. The Morgan fingerprint density at radius 2 is 1.34 bits per heavy atom. The first-order valence-electron chi connectivity index (χ1n) is 17.7. The van der Waals surface area contributed by atoms with Gasteiger partial charge in [0.15, 0.2) is 10.2 Å². The highest BCUT2D eigenvalue weighted by atomic mass is 32.2. The van der Waals surface area contributed by atoms with E-state index in [0.717, 1.165) is 33.4 Å². The summed E-state index contributed by atoms with van der Waals surface area (Å²) < 4.78 is 31.9. The number of rotatable bonds is 9. The van der Waals surface area contributed by atoms with E-state index in [0.29, 0.717) is 23.6 Å². The van der Waals surface area contributed by atoms with E-state index in [1.807, 2.05) is 97.1 Å². The lowest BCUT2D eigenvalue weighted by Crippen LogP contribution is -2.70. The zero-order valence-electron chi connectivity index (χ0n) is 29.0. The quantitative estimate of drug-likeness (QED) is 0.154. The van der Waals surface area contributed by atoms with Gasteiger partial charge < -0.3 is 4.90 Å². The zero-order valence-corrected chi connectivity index (χ0v) is 31.5. The molecule has 3 heterocycles. The van der Waals surface area contributed by atoms with E-state index < -0.39 is 31.8 Å². The van der Waals surface area contributed by atoms with Crippen molar-refractivity contribution in [3.63, 3.8) is 0 Å². The molecule has 7 nitrogen and oxygen atoms in total. The maximum absolute atomic E-state index is 15.6. The average Bonchev–Trinajstić information content (AvgIpc) is 3.85. The molecule has 0 spiro atoms. The van der Waals surface area contributed by atoms with Crippen molar-refractivity contribution in [1.29, 1.82) is 0 Å². The lowest BCUT2D eigenvalue weighted by atomic mass is 9.70. The fourth-order valence-electron chi connectivity index (χ4n) is 8.77. The summed E-state index contributed by atoms with van der Waals surface area (Å²) in [4.78, 5) is 33.0. The van der Waals surface area contributed by atoms with E-state index in [-0.39, 0.29) is 23.1 Å². The number of hydrogen-bond donors (Lipinski definition) is 0. The highest BCUT2D eigenvalue weighted by Gasteiger charge is 2.75. The van der Waals surface area contributed by atoms with E-state index in [4.69, 9.17) is 0 Å². The lowest BCUT2D eigenvalue weighted by molar-refractivity contribution is -0.157. The van der Waals surface area contributed by atoms with Gasteiger partial charge in [-0.3, -0.25) is 14.5 Å². The second-order valence-corrected chi connectivity index (χ2v) is 18.1. The number of allylic oxidation sites excluding steroid dienone is 1. The molecule has 1 aliphatic carbocycles. The molecule has 2 fully saturated rings. The van der Waals surface area contributed by atoms with Crippen LogP contribution in [0.2, 0.25) is 0 Å². The molecule has 0 N–H and O–H groups in total. The number of nitrogens with zero attached hydrogens (tertiary/aromatic N) is 3. The van der Waals surface area contributed by atoms with Gasteiger partial charge in [0, 0.05) is 25.0 Å². The molecule has 2 amide bonds. The smallest absolute Gasteiger partial charge is 0.266 e. The van der Waals surface area contributed by atoms with Crippen molar-refractivity contribution < 1.29 is 18.0 Å². The van der Waals surface area contributed by atoms with Crippen LogP contribution >= 0.6 is 23.5 Å². The number of carbonyl (C=O) groups excluding carboxylic acids is 2. The van der Waals surface area contributed by atoms with E-state index in [1.54, 1.807) is 47.2 Å². The Morgan fingerprint density at radius 3 is 2.06 bits per heavy atom. The molecule has 0 saturated carbocycles. The maximum atomic E-state index is 15.6. The predicted octanol–water partition coefficient (Wildman–Crippen LogP) is 7.69. The Bertz CT molecular complexity index is 2370. The fraction of sp³-hybridized carbons (Fsp3) is 0.209. The van der Waals surface area contributed by atoms with Crippen LogP contribution in [0, 0.1) is 0 Å². The number of amides is 2. The molecule has 9 rings (SSSR count). The van der Waals surface area contributed by atoms with Crippen LogP contribution in [0.25, 0.3) is 5.57 Å².